The van der Waals surface area contributed by atoms with Crippen molar-refractivity contribution >= 4 is 28.4 Å². The van der Waals surface area contributed by atoms with Crippen LogP contribution in [0.4, 0.5) is 5.69 Å². The molecule has 1 N–H and O–H groups in total. The number of esters is 2. The fourth-order valence-corrected chi connectivity index (χ4v) is 3.92. The summed E-state index contributed by atoms with van der Waals surface area (Å²) < 4.78 is 22.1. The average Bonchev–Trinajstić information content (AvgIpc) is 3.15. The molecule has 7 heteroatoms. The van der Waals surface area contributed by atoms with Crippen LogP contribution in [-0.2, 0) is 30.2 Å². The Morgan fingerprint density at radius 1 is 1.18 bits per heavy atom. The molecule has 148 valence electrons. The molecule has 7 nitrogen and oxygen atoms in total. The Morgan fingerprint density at radius 2 is 1.96 bits per heavy atom. The molecule has 3 atom stereocenters. The summed E-state index contributed by atoms with van der Waals surface area (Å²) in [5.41, 5.74) is 2.32. The number of benzene rings is 2. The topological polar surface area (TPSA) is 83.1 Å². The van der Waals surface area contributed by atoms with Gasteiger partial charge in [-0.3, -0.25) is 4.79 Å². The standard InChI is InChI=1S/C21H23NO6/c1-12(23)26-13-9-19(21(24)25-2)28-20(10-13)27-18-11-17-15(7-8-22-17)14-5-3-4-6-16(14)18/h3-6,11,13,19-20,22H,7-10H2,1-2H3/t13?,19-,20+/m0/s1. The van der Waals surface area contributed by atoms with E-state index in [4.69, 9.17) is 18.9 Å². The first kappa shape index (κ1) is 18.6. The fraction of sp³-hybridized carbons (Fsp3) is 0.429. The lowest BCUT2D eigenvalue weighted by molar-refractivity contribution is -0.204. The first-order chi connectivity index (χ1) is 13.5. The number of ether oxygens (including phenoxy) is 4. The molecule has 28 heavy (non-hydrogen) atoms. The van der Waals surface area contributed by atoms with Gasteiger partial charge in [0.1, 0.15) is 11.9 Å². The van der Waals surface area contributed by atoms with Crippen molar-refractivity contribution in [3.63, 3.8) is 0 Å². The molecule has 2 aromatic carbocycles. The number of hydrogen-bond acceptors (Lipinski definition) is 7. The van der Waals surface area contributed by atoms with Gasteiger partial charge in [0.2, 0.25) is 6.29 Å². The Bertz CT molecular complexity index is 911. The summed E-state index contributed by atoms with van der Waals surface area (Å²) >= 11 is 0. The maximum Gasteiger partial charge on any atom is 0.335 e. The van der Waals surface area contributed by atoms with Gasteiger partial charge in [0.05, 0.1) is 7.11 Å². The maximum atomic E-state index is 12.0. The van der Waals surface area contributed by atoms with Crippen LogP contribution in [0.3, 0.4) is 0 Å². The predicted molar refractivity (Wildman–Crippen MR) is 102 cm³/mol. The maximum absolute atomic E-state index is 12.0. The number of fused-ring (bicyclic) bond motifs is 3. The third-order valence-corrected chi connectivity index (χ3v) is 5.11. The van der Waals surface area contributed by atoms with Crippen LogP contribution in [0.5, 0.6) is 5.75 Å². The molecule has 2 aliphatic rings. The molecule has 0 aliphatic carbocycles. The highest BCUT2D eigenvalue weighted by Crippen LogP contribution is 2.38. The van der Waals surface area contributed by atoms with E-state index in [1.807, 2.05) is 24.3 Å². The molecule has 2 aromatic rings. The second-order valence-electron chi connectivity index (χ2n) is 7.02. The summed E-state index contributed by atoms with van der Waals surface area (Å²) in [4.78, 5) is 23.4. The molecule has 0 spiro atoms. The van der Waals surface area contributed by atoms with Gasteiger partial charge in [0, 0.05) is 43.5 Å². The highest BCUT2D eigenvalue weighted by molar-refractivity contribution is 5.96. The zero-order valence-corrected chi connectivity index (χ0v) is 15.9. The molecule has 0 amide bonds. The first-order valence-electron chi connectivity index (χ1n) is 9.41. The van der Waals surface area contributed by atoms with Gasteiger partial charge < -0.3 is 24.3 Å². The Labute approximate surface area is 162 Å². The van der Waals surface area contributed by atoms with E-state index >= 15 is 0 Å². The van der Waals surface area contributed by atoms with Crippen LogP contribution in [0.2, 0.25) is 0 Å². The molecule has 0 aromatic heterocycles. The molecule has 0 saturated carbocycles. The minimum absolute atomic E-state index is 0.249. The minimum atomic E-state index is -0.841. The number of rotatable bonds is 4. The van der Waals surface area contributed by atoms with Gasteiger partial charge in [-0.25, -0.2) is 4.79 Å². The smallest absolute Gasteiger partial charge is 0.335 e. The Morgan fingerprint density at radius 3 is 2.71 bits per heavy atom. The Balaban J connectivity index is 1.63. The van der Waals surface area contributed by atoms with Crippen LogP contribution in [0.1, 0.15) is 25.3 Å². The predicted octanol–water partition coefficient (Wildman–Crippen LogP) is 2.80. The molecule has 1 saturated heterocycles. The van der Waals surface area contributed by atoms with Crippen molar-refractivity contribution in [3.8, 4) is 5.75 Å². The minimum Gasteiger partial charge on any atom is -0.467 e. The zero-order chi connectivity index (χ0) is 19.7. The number of nitrogens with one attached hydrogen (secondary N) is 1. The van der Waals surface area contributed by atoms with E-state index in [1.165, 1.54) is 19.6 Å². The van der Waals surface area contributed by atoms with E-state index in [0.717, 1.165) is 29.4 Å². The molecular formula is C21H23NO6. The van der Waals surface area contributed by atoms with Crippen molar-refractivity contribution in [3.05, 3.63) is 35.9 Å². The van der Waals surface area contributed by atoms with Crippen molar-refractivity contribution in [2.45, 2.75) is 44.7 Å². The molecular weight excluding hydrogens is 362 g/mol. The lowest BCUT2D eigenvalue weighted by Gasteiger charge is -2.33. The quantitative estimate of drug-likeness (QED) is 0.810. The molecule has 2 aliphatic heterocycles. The summed E-state index contributed by atoms with van der Waals surface area (Å²) in [5, 5.41) is 5.50. The van der Waals surface area contributed by atoms with Crippen LogP contribution in [-0.4, -0.2) is 44.1 Å². The van der Waals surface area contributed by atoms with Gasteiger partial charge >= 0.3 is 11.9 Å². The van der Waals surface area contributed by atoms with Gasteiger partial charge in [-0.2, -0.15) is 0 Å². The molecule has 1 fully saturated rings. The van der Waals surface area contributed by atoms with Gasteiger partial charge in [0.15, 0.2) is 6.10 Å². The lowest BCUT2D eigenvalue weighted by Crippen LogP contribution is -2.44. The van der Waals surface area contributed by atoms with Gasteiger partial charge in [-0.1, -0.05) is 24.3 Å². The van der Waals surface area contributed by atoms with Crippen molar-refractivity contribution < 1.29 is 28.5 Å². The SMILES string of the molecule is COC(=O)[C@@H]1CC(OC(C)=O)C[C@H](Oc2cc3c(c4ccccc24)CCN3)O1. The van der Waals surface area contributed by atoms with E-state index < -0.39 is 30.4 Å². The van der Waals surface area contributed by atoms with Crippen molar-refractivity contribution in [1.82, 2.24) is 0 Å². The molecule has 4 rings (SSSR count). The largest absolute Gasteiger partial charge is 0.467 e. The highest BCUT2D eigenvalue weighted by atomic mass is 16.7. The lowest BCUT2D eigenvalue weighted by atomic mass is 10.0. The third-order valence-electron chi connectivity index (χ3n) is 5.11. The summed E-state index contributed by atoms with van der Waals surface area (Å²) in [5.74, 6) is -0.242. The second-order valence-corrected chi connectivity index (χ2v) is 7.02. The van der Waals surface area contributed by atoms with E-state index in [2.05, 4.69) is 11.4 Å². The zero-order valence-electron chi connectivity index (χ0n) is 15.9. The van der Waals surface area contributed by atoms with Crippen molar-refractivity contribution in [1.29, 1.82) is 0 Å². The highest BCUT2D eigenvalue weighted by Gasteiger charge is 2.37. The van der Waals surface area contributed by atoms with Crippen LogP contribution in [0.25, 0.3) is 10.8 Å². The van der Waals surface area contributed by atoms with Crippen LogP contribution in [0, 0.1) is 0 Å². The Hall–Kier alpha value is -2.80. The van der Waals surface area contributed by atoms with E-state index in [0.29, 0.717) is 12.2 Å². The summed E-state index contributed by atoms with van der Waals surface area (Å²) in [7, 11) is 1.30. The normalized spacial score (nSPS) is 23.6. The molecule has 0 radical (unpaired) electrons. The van der Waals surface area contributed by atoms with Crippen LogP contribution < -0.4 is 10.1 Å². The number of hydrogen-bond donors (Lipinski definition) is 1. The van der Waals surface area contributed by atoms with Crippen LogP contribution >= 0.6 is 0 Å². The number of methoxy groups -OCH3 is 1. The average molecular weight is 385 g/mol. The third kappa shape index (κ3) is 3.62. The number of carbonyl (C=O) groups excluding carboxylic acids is 2. The second kappa shape index (κ2) is 7.67. The van der Waals surface area contributed by atoms with Gasteiger partial charge in [-0.15, -0.1) is 0 Å². The molecule has 0 bridgehead atoms. The molecule has 1 unspecified atom stereocenters. The van der Waals surface area contributed by atoms with E-state index in [-0.39, 0.29) is 6.42 Å². The van der Waals surface area contributed by atoms with E-state index in [1.54, 1.807) is 0 Å². The van der Waals surface area contributed by atoms with E-state index in [9.17, 15) is 9.59 Å². The Kier molecular flexibility index (Phi) is 5.09. The number of carbonyl (C=O) groups is 2. The van der Waals surface area contributed by atoms with Crippen LogP contribution in [0.15, 0.2) is 30.3 Å². The number of anilines is 1. The first-order valence-corrected chi connectivity index (χ1v) is 9.41. The van der Waals surface area contributed by atoms with Crippen molar-refractivity contribution in [2.75, 3.05) is 19.0 Å². The monoisotopic (exact) mass is 385 g/mol. The summed E-state index contributed by atoms with van der Waals surface area (Å²) in [6, 6.07) is 10.0. The summed E-state index contributed by atoms with van der Waals surface area (Å²) in [6.45, 7) is 2.24. The fourth-order valence-electron chi connectivity index (χ4n) is 3.92. The van der Waals surface area contributed by atoms with Gasteiger partial charge in [-0.05, 0) is 17.4 Å². The summed E-state index contributed by atoms with van der Waals surface area (Å²) in [6.07, 6.45) is -0.490. The van der Waals surface area contributed by atoms with Crippen molar-refractivity contribution in [2.24, 2.45) is 0 Å². The molecule has 2 heterocycles. The van der Waals surface area contributed by atoms with Gasteiger partial charge in [0.25, 0.3) is 0 Å².